The normalized spacial score (nSPS) is 14.6. The van der Waals surface area contributed by atoms with Crippen molar-refractivity contribution in [1.82, 2.24) is 5.32 Å². The predicted octanol–water partition coefficient (Wildman–Crippen LogP) is 5.31. The lowest BCUT2D eigenvalue weighted by Gasteiger charge is -2.22. The Morgan fingerprint density at radius 3 is 2.61 bits per heavy atom. The number of rotatable bonds is 6. The Kier molecular flexibility index (Phi) is 4.98. The average molecular weight is 279 g/mol. The third-order valence-corrected chi connectivity index (χ3v) is 5.40. The van der Waals surface area contributed by atoms with Gasteiger partial charge in [-0.3, -0.25) is 0 Å². The van der Waals surface area contributed by atoms with E-state index in [-0.39, 0.29) is 0 Å². The molecular weight excluding hydrogens is 258 g/mol. The van der Waals surface area contributed by atoms with Crippen molar-refractivity contribution in [2.24, 2.45) is 0 Å². The minimum atomic E-state index is 0.434. The van der Waals surface area contributed by atoms with Crippen LogP contribution in [0.4, 0.5) is 0 Å². The molecule has 0 spiro atoms. The van der Waals surface area contributed by atoms with Crippen LogP contribution in [0.3, 0.4) is 0 Å². The molecule has 0 fully saturated rings. The van der Waals surface area contributed by atoms with Crippen LogP contribution >= 0.6 is 22.7 Å². The van der Waals surface area contributed by atoms with Gasteiger partial charge in [0.15, 0.2) is 0 Å². The number of aryl methyl sites for hydroxylation is 1. The molecule has 2 aromatic rings. The van der Waals surface area contributed by atoms with E-state index in [0.29, 0.717) is 12.1 Å². The third kappa shape index (κ3) is 3.22. The summed E-state index contributed by atoms with van der Waals surface area (Å²) in [5.74, 6) is 0. The van der Waals surface area contributed by atoms with E-state index in [1.165, 1.54) is 28.2 Å². The van der Waals surface area contributed by atoms with Gasteiger partial charge in [0, 0.05) is 21.8 Å². The summed E-state index contributed by atoms with van der Waals surface area (Å²) in [5, 5.41) is 8.14. The molecule has 2 unspecified atom stereocenters. The minimum absolute atomic E-state index is 0.434. The topological polar surface area (TPSA) is 12.0 Å². The smallest absolute Gasteiger partial charge is 0.0419 e. The number of nitrogens with one attached hydrogen (secondary N) is 1. The van der Waals surface area contributed by atoms with Crippen molar-refractivity contribution < 1.29 is 0 Å². The Morgan fingerprint density at radius 2 is 2.06 bits per heavy atom. The first-order chi connectivity index (χ1) is 8.72. The molecule has 2 atom stereocenters. The maximum absolute atomic E-state index is 3.78. The van der Waals surface area contributed by atoms with Gasteiger partial charge in [-0.05, 0) is 48.7 Å². The quantitative estimate of drug-likeness (QED) is 0.755. The summed E-state index contributed by atoms with van der Waals surface area (Å²) in [5.41, 5.74) is 1.40. The van der Waals surface area contributed by atoms with Crippen LogP contribution in [-0.2, 0) is 0 Å². The van der Waals surface area contributed by atoms with Gasteiger partial charge in [-0.15, -0.1) is 22.7 Å². The zero-order valence-electron chi connectivity index (χ0n) is 11.3. The van der Waals surface area contributed by atoms with E-state index >= 15 is 0 Å². The molecule has 0 aliphatic carbocycles. The van der Waals surface area contributed by atoms with Gasteiger partial charge >= 0.3 is 0 Å². The molecule has 2 heterocycles. The second kappa shape index (κ2) is 6.50. The molecule has 1 nitrogen and oxygen atoms in total. The van der Waals surface area contributed by atoms with Crippen LogP contribution in [0.1, 0.15) is 54.1 Å². The fourth-order valence-corrected chi connectivity index (χ4v) is 4.06. The third-order valence-electron chi connectivity index (χ3n) is 3.21. The van der Waals surface area contributed by atoms with Crippen LogP contribution in [0.2, 0.25) is 0 Å². The molecule has 0 aliphatic rings. The van der Waals surface area contributed by atoms with Crippen molar-refractivity contribution in [2.45, 2.75) is 45.7 Å². The second-order valence-corrected chi connectivity index (χ2v) is 6.64. The maximum Gasteiger partial charge on any atom is 0.0419 e. The SMILES string of the molecule is CCCC(NC(C)c1sccc1C)c1cccs1. The Balaban J connectivity index is 2.07. The van der Waals surface area contributed by atoms with Crippen LogP contribution in [0.15, 0.2) is 29.0 Å². The van der Waals surface area contributed by atoms with E-state index in [9.17, 15) is 0 Å². The van der Waals surface area contributed by atoms with E-state index in [2.05, 4.69) is 55.0 Å². The van der Waals surface area contributed by atoms with Crippen LogP contribution < -0.4 is 5.32 Å². The minimum Gasteiger partial charge on any atom is -0.302 e. The molecule has 0 saturated heterocycles. The zero-order chi connectivity index (χ0) is 13.0. The van der Waals surface area contributed by atoms with Crippen molar-refractivity contribution >= 4 is 22.7 Å². The molecule has 0 bridgehead atoms. The lowest BCUT2D eigenvalue weighted by molar-refractivity contribution is 0.448. The Labute approximate surface area is 118 Å². The van der Waals surface area contributed by atoms with Crippen molar-refractivity contribution in [3.63, 3.8) is 0 Å². The molecule has 98 valence electrons. The second-order valence-electron chi connectivity index (χ2n) is 4.71. The molecule has 0 aromatic carbocycles. The summed E-state index contributed by atoms with van der Waals surface area (Å²) >= 11 is 3.71. The average Bonchev–Trinajstić information content (AvgIpc) is 2.98. The molecule has 18 heavy (non-hydrogen) atoms. The van der Waals surface area contributed by atoms with Crippen molar-refractivity contribution in [2.75, 3.05) is 0 Å². The summed E-state index contributed by atoms with van der Waals surface area (Å²) in [6.07, 6.45) is 2.42. The molecule has 1 N–H and O–H groups in total. The lowest BCUT2D eigenvalue weighted by Crippen LogP contribution is -2.23. The number of hydrogen-bond acceptors (Lipinski definition) is 3. The fraction of sp³-hybridized carbons (Fsp3) is 0.467. The summed E-state index contributed by atoms with van der Waals surface area (Å²) < 4.78 is 0. The van der Waals surface area contributed by atoms with E-state index < -0.39 is 0 Å². The summed E-state index contributed by atoms with van der Waals surface area (Å²) in [6, 6.07) is 7.52. The van der Waals surface area contributed by atoms with Gasteiger partial charge in [0.2, 0.25) is 0 Å². The van der Waals surface area contributed by atoms with Gasteiger partial charge in [0.25, 0.3) is 0 Å². The highest BCUT2D eigenvalue weighted by Crippen LogP contribution is 2.29. The monoisotopic (exact) mass is 279 g/mol. The Hall–Kier alpha value is -0.640. The van der Waals surface area contributed by atoms with Crippen LogP contribution in [0.5, 0.6) is 0 Å². The van der Waals surface area contributed by atoms with Gasteiger partial charge in [0.1, 0.15) is 0 Å². The zero-order valence-corrected chi connectivity index (χ0v) is 12.9. The van der Waals surface area contributed by atoms with Crippen molar-refractivity contribution in [3.8, 4) is 0 Å². The Morgan fingerprint density at radius 1 is 1.22 bits per heavy atom. The molecule has 2 aromatic heterocycles. The van der Waals surface area contributed by atoms with E-state index in [0.717, 1.165) is 0 Å². The van der Waals surface area contributed by atoms with Gasteiger partial charge < -0.3 is 5.32 Å². The molecule has 0 saturated carbocycles. The molecule has 0 amide bonds. The van der Waals surface area contributed by atoms with Crippen molar-refractivity contribution in [1.29, 1.82) is 0 Å². The summed E-state index contributed by atoms with van der Waals surface area (Å²) in [4.78, 5) is 2.92. The summed E-state index contributed by atoms with van der Waals surface area (Å²) in [6.45, 7) is 6.72. The van der Waals surface area contributed by atoms with Crippen molar-refractivity contribution in [3.05, 3.63) is 44.3 Å². The standard InChI is InChI=1S/C15H21NS2/c1-4-6-13(14-7-5-9-17-14)16-12(3)15-11(2)8-10-18-15/h5,7-10,12-13,16H,4,6H2,1-3H3. The van der Waals surface area contributed by atoms with Gasteiger partial charge in [-0.1, -0.05) is 19.4 Å². The maximum atomic E-state index is 3.78. The van der Waals surface area contributed by atoms with E-state index in [1.807, 2.05) is 22.7 Å². The van der Waals surface area contributed by atoms with Crippen LogP contribution in [0.25, 0.3) is 0 Å². The lowest BCUT2D eigenvalue weighted by atomic mass is 10.1. The number of thiophene rings is 2. The Bertz CT molecular complexity index is 459. The predicted molar refractivity (Wildman–Crippen MR) is 82.6 cm³/mol. The van der Waals surface area contributed by atoms with Crippen LogP contribution in [-0.4, -0.2) is 0 Å². The first kappa shape index (κ1) is 13.8. The first-order valence-electron chi connectivity index (χ1n) is 6.55. The highest BCUT2D eigenvalue weighted by molar-refractivity contribution is 7.10. The van der Waals surface area contributed by atoms with Gasteiger partial charge in [-0.25, -0.2) is 0 Å². The van der Waals surface area contributed by atoms with Gasteiger partial charge in [0.05, 0.1) is 0 Å². The summed E-state index contributed by atoms with van der Waals surface area (Å²) in [7, 11) is 0. The first-order valence-corrected chi connectivity index (χ1v) is 8.31. The largest absolute Gasteiger partial charge is 0.302 e. The van der Waals surface area contributed by atoms with Gasteiger partial charge in [-0.2, -0.15) is 0 Å². The fourth-order valence-electron chi connectivity index (χ4n) is 2.29. The van der Waals surface area contributed by atoms with E-state index in [1.54, 1.807) is 0 Å². The molecule has 0 aliphatic heterocycles. The highest BCUT2D eigenvalue weighted by Gasteiger charge is 2.17. The number of hydrogen-bond donors (Lipinski definition) is 1. The van der Waals surface area contributed by atoms with E-state index in [4.69, 9.17) is 0 Å². The molecule has 2 rings (SSSR count). The molecule has 3 heteroatoms. The highest BCUT2D eigenvalue weighted by atomic mass is 32.1. The van der Waals surface area contributed by atoms with Crippen LogP contribution in [0, 0.1) is 6.92 Å². The molecular formula is C15H21NS2. The molecule has 0 radical (unpaired) electrons.